The Bertz CT molecular complexity index is 632. The van der Waals surface area contributed by atoms with Gasteiger partial charge in [-0.1, -0.05) is 0 Å². The zero-order chi connectivity index (χ0) is 23.1. The zero-order valence-corrected chi connectivity index (χ0v) is 16.5. The fraction of sp³-hybridized carbons (Fsp3) is 0.833. The SMILES string of the molecule is O=NN(CCCl)C(=O)NC(O)[C@H]1OC(O)[C@@](O)(NC(=O)N(CCCl)N=O)[C@@H](O)[C@@H]1O. The molecule has 1 aliphatic heterocycles. The Morgan fingerprint density at radius 2 is 1.57 bits per heavy atom. The molecule has 1 fully saturated rings. The molecule has 172 valence electrons. The molecular formula is C12H20Cl2N6O10. The molecule has 1 aliphatic rings. The van der Waals surface area contributed by atoms with Crippen LogP contribution in [-0.2, 0) is 4.74 Å². The van der Waals surface area contributed by atoms with Crippen LogP contribution in [0.4, 0.5) is 9.59 Å². The van der Waals surface area contributed by atoms with E-state index in [1.54, 1.807) is 10.6 Å². The second-order valence-electron chi connectivity index (χ2n) is 5.83. The Morgan fingerprint density at radius 1 is 1.07 bits per heavy atom. The highest BCUT2D eigenvalue weighted by molar-refractivity contribution is 6.18. The van der Waals surface area contributed by atoms with Crippen molar-refractivity contribution in [3.63, 3.8) is 0 Å². The largest absolute Gasteiger partial charge is 0.387 e. The quantitative estimate of drug-likeness (QED) is 0.0782. The Kier molecular flexibility index (Phi) is 9.98. The zero-order valence-electron chi connectivity index (χ0n) is 15.0. The highest BCUT2D eigenvalue weighted by atomic mass is 35.5. The van der Waals surface area contributed by atoms with Gasteiger partial charge < -0.3 is 40.9 Å². The van der Waals surface area contributed by atoms with Crippen LogP contribution in [0.2, 0.25) is 0 Å². The number of hydrogen-bond donors (Lipinski definition) is 7. The average molecular weight is 479 g/mol. The van der Waals surface area contributed by atoms with Crippen LogP contribution in [0.1, 0.15) is 0 Å². The highest BCUT2D eigenvalue weighted by Gasteiger charge is 2.57. The van der Waals surface area contributed by atoms with Crippen molar-refractivity contribution in [2.45, 2.75) is 36.6 Å². The number of halogens is 2. The lowest BCUT2D eigenvalue weighted by atomic mass is 9.92. The molecular weight excluding hydrogens is 459 g/mol. The van der Waals surface area contributed by atoms with E-state index < -0.39 is 48.6 Å². The van der Waals surface area contributed by atoms with Crippen molar-refractivity contribution in [2.75, 3.05) is 24.8 Å². The van der Waals surface area contributed by atoms with Crippen LogP contribution in [0, 0.1) is 9.81 Å². The number of aliphatic hydroxyl groups excluding tert-OH is 4. The van der Waals surface area contributed by atoms with Gasteiger partial charge in [0.05, 0.1) is 23.7 Å². The van der Waals surface area contributed by atoms with Gasteiger partial charge in [-0.05, 0) is 0 Å². The lowest BCUT2D eigenvalue weighted by molar-refractivity contribution is -0.343. The molecule has 0 saturated carbocycles. The number of aliphatic hydroxyl groups is 5. The van der Waals surface area contributed by atoms with Crippen LogP contribution in [0.3, 0.4) is 0 Å². The summed E-state index contributed by atoms with van der Waals surface area (Å²) in [5.74, 6) is -0.384. The summed E-state index contributed by atoms with van der Waals surface area (Å²) in [7, 11) is 0. The van der Waals surface area contributed by atoms with Gasteiger partial charge in [0.2, 0.25) is 12.0 Å². The van der Waals surface area contributed by atoms with E-state index in [0.717, 1.165) is 0 Å². The molecule has 0 aromatic heterocycles. The van der Waals surface area contributed by atoms with E-state index >= 15 is 0 Å². The minimum atomic E-state index is -3.05. The molecule has 0 aromatic carbocycles. The third-order valence-corrected chi connectivity index (χ3v) is 4.26. The normalized spacial score (nSPS) is 29.4. The van der Waals surface area contributed by atoms with Crippen LogP contribution in [-0.4, -0.2) is 109 Å². The van der Waals surface area contributed by atoms with Crippen molar-refractivity contribution in [1.82, 2.24) is 20.7 Å². The van der Waals surface area contributed by atoms with Crippen molar-refractivity contribution in [3.05, 3.63) is 9.81 Å². The second-order valence-corrected chi connectivity index (χ2v) is 6.58. The summed E-state index contributed by atoms with van der Waals surface area (Å²) in [5, 5.41) is 59.4. The van der Waals surface area contributed by atoms with Crippen LogP contribution in [0.25, 0.3) is 0 Å². The van der Waals surface area contributed by atoms with Crippen LogP contribution >= 0.6 is 23.2 Å². The monoisotopic (exact) mass is 478 g/mol. The second kappa shape index (κ2) is 11.5. The average Bonchev–Trinajstić information content (AvgIpc) is 2.71. The summed E-state index contributed by atoms with van der Waals surface area (Å²) in [6, 6.07) is -2.65. The van der Waals surface area contributed by atoms with Gasteiger partial charge in [-0.25, -0.2) is 9.59 Å². The Morgan fingerprint density at radius 3 is 2.03 bits per heavy atom. The maximum atomic E-state index is 11.9. The summed E-state index contributed by atoms with van der Waals surface area (Å²) in [5.41, 5.74) is -3.05. The number of ether oxygens (including phenoxy) is 1. The molecule has 30 heavy (non-hydrogen) atoms. The van der Waals surface area contributed by atoms with Crippen LogP contribution in [0.5, 0.6) is 0 Å². The van der Waals surface area contributed by atoms with Crippen molar-refractivity contribution < 1.29 is 39.9 Å². The first kappa shape index (κ1) is 26.1. The van der Waals surface area contributed by atoms with E-state index in [4.69, 9.17) is 27.9 Å². The molecule has 1 saturated heterocycles. The number of urea groups is 2. The number of nitrogens with zero attached hydrogens (tertiary/aromatic N) is 4. The predicted molar refractivity (Wildman–Crippen MR) is 97.4 cm³/mol. The molecule has 0 radical (unpaired) electrons. The molecule has 0 aliphatic carbocycles. The molecule has 2 unspecified atom stereocenters. The lowest BCUT2D eigenvalue weighted by Gasteiger charge is -2.47. The Labute approximate surface area is 178 Å². The first-order chi connectivity index (χ1) is 14.1. The molecule has 0 aromatic rings. The Hall–Kier alpha value is -1.92. The number of nitroso groups, excluding NO2 is 2. The smallest absolute Gasteiger partial charge is 0.342 e. The molecule has 1 heterocycles. The summed E-state index contributed by atoms with van der Waals surface area (Å²) in [4.78, 5) is 45.0. The van der Waals surface area contributed by atoms with Crippen molar-refractivity contribution >= 4 is 35.3 Å². The minimum absolute atomic E-state index is 0.168. The third kappa shape index (κ3) is 5.82. The van der Waals surface area contributed by atoms with Gasteiger partial charge >= 0.3 is 12.1 Å². The minimum Gasteiger partial charge on any atom is -0.387 e. The van der Waals surface area contributed by atoms with Gasteiger partial charge in [0.15, 0.2) is 6.23 Å². The number of rotatable bonds is 9. The van der Waals surface area contributed by atoms with Crippen LogP contribution < -0.4 is 10.6 Å². The topological polar surface area (TPSA) is 234 Å². The fourth-order valence-electron chi connectivity index (χ4n) is 2.35. The van der Waals surface area contributed by atoms with Gasteiger partial charge in [-0.2, -0.15) is 10.0 Å². The first-order valence-corrected chi connectivity index (χ1v) is 9.20. The number of nitrogens with one attached hydrogen (secondary N) is 2. The molecule has 0 bridgehead atoms. The first-order valence-electron chi connectivity index (χ1n) is 8.13. The van der Waals surface area contributed by atoms with Crippen LogP contribution in [0.15, 0.2) is 10.6 Å². The van der Waals surface area contributed by atoms with Gasteiger partial charge in [0.25, 0.3) is 0 Å². The third-order valence-electron chi connectivity index (χ3n) is 3.92. The number of carbonyl (C=O) groups is 2. The summed E-state index contributed by atoms with van der Waals surface area (Å²) in [6.07, 6.45) is -11.1. The maximum absolute atomic E-state index is 11.9. The Balaban J connectivity index is 2.91. The predicted octanol–water partition coefficient (Wildman–Crippen LogP) is -2.70. The highest BCUT2D eigenvalue weighted by Crippen LogP contribution is 2.28. The van der Waals surface area contributed by atoms with Gasteiger partial charge in [-0.3, -0.25) is 0 Å². The summed E-state index contributed by atoms with van der Waals surface area (Å²) >= 11 is 10.8. The van der Waals surface area contributed by atoms with Crippen molar-refractivity contribution in [3.8, 4) is 0 Å². The van der Waals surface area contributed by atoms with E-state index in [9.17, 15) is 44.9 Å². The van der Waals surface area contributed by atoms with Gasteiger partial charge in [0, 0.05) is 11.8 Å². The van der Waals surface area contributed by atoms with Crippen molar-refractivity contribution in [1.29, 1.82) is 0 Å². The molecule has 7 N–H and O–H groups in total. The van der Waals surface area contributed by atoms with E-state index in [1.807, 2.05) is 0 Å². The molecule has 4 amide bonds. The van der Waals surface area contributed by atoms with E-state index in [1.165, 1.54) is 0 Å². The van der Waals surface area contributed by atoms with Crippen molar-refractivity contribution in [2.24, 2.45) is 10.6 Å². The molecule has 1 rings (SSSR count). The molecule has 6 atom stereocenters. The van der Waals surface area contributed by atoms with Gasteiger partial charge in [0.1, 0.15) is 18.3 Å². The maximum Gasteiger partial charge on any atom is 0.342 e. The summed E-state index contributed by atoms with van der Waals surface area (Å²) in [6.45, 7) is -0.711. The number of alkyl halides is 2. The standard InChI is InChI=1S/C12H20Cl2N6O10/c13-1-3-19(17-28)10(25)15-8(23)6-5(21)7(22)12(27,9(24)30-6)16-11(26)20(18-29)4-2-14/h5-9,21-24,27H,1-4H2,(H,15,25)(H,16,26)/t5-,6+,7+,8?,9?,12-/m1/s1. The lowest BCUT2D eigenvalue weighted by Crippen LogP contribution is -2.75. The van der Waals surface area contributed by atoms with E-state index in [0.29, 0.717) is 5.01 Å². The van der Waals surface area contributed by atoms with E-state index in [2.05, 4.69) is 10.6 Å². The molecule has 0 spiro atoms. The number of carbonyl (C=O) groups excluding carboxylic acids is 2. The fourth-order valence-corrected chi connectivity index (χ4v) is 2.67. The number of amides is 4. The van der Waals surface area contributed by atoms with Gasteiger partial charge in [-0.15, -0.1) is 33.0 Å². The molecule has 16 nitrogen and oxygen atoms in total. The molecule has 18 heteroatoms. The number of hydrogen-bond acceptors (Lipinski definition) is 12. The van der Waals surface area contributed by atoms with E-state index in [-0.39, 0.29) is 29.9 Å². The summed E-state index contributed by atoms with van der Waals surface area (Å²) < 4.78 is 4.80.